The van der Waals surface area contributed by atoms with Crippen LogP contribution in [0, 0.1) is 18.7 Å². The lowest BCUT2D eigenvalue weighted by Crippen LogP contribution is -2.29. The van der Waals surface area contributed by atoms with E-state index in [2.05, 4.69) is 13.8 Å². The summed E-state index contributed by atoms with van der Waals surface area (Å²) in [6.07, 6.45) is 0. The molecule has 174 valence electrons. The van der Waals surface area contributed by atoms with E-state index in [1.807, 2.05) is 31.2 Å². The van der Waals surface area contributed by atoms with Crippen molar-refractivity contribution in [3.05, 3.63) is 101 Å². The highest BCUT2D eigenvalue weighted by Gasteiger charge is 2.47. The molecule has 5 nitrogen and oxygen atoms in total. The molecule has 0 aromatic heterocycles. The van der Waals surface area contributed by atoms with Gasteiger partial charge in [0.1, 0.15) is 17.3 Å². The van der Waals surface area contributed by atoms with E-state index in [0.717, 1.165) is 5.56 Å². The summed E-state index contributed by atoms with van der Waals surface area (Å²) in [5, 5.41) is 11.1. The van der Waals surface area contributed by atoms with Gasteiger partial charge < -0.3 is 9.84 Å². The number of carbonyl (C=O) groups is 2. The van der Waals surface area contributed by atoms with Gasteiger partial charge in [-0.05, 0) is 66.9 Å². The van der Waals surface area contributed by atoms with Crippen molar-refractivity contribution in [2.45, 2.75) is 26.8 Å². The fraction of sp³-hybridized carbons (Fsp3) is 0.214. The number of amides is 1. The predicted molar refractivity (Wildman–Crippen MR) is 129 cm³/mol. The molecule has 3 aromatic carbocycles. The third-order valence-corrected chi connectivity index (χ3v) is 5.62. The van der Waals surface area contributed by atoms with Gasteiger partial charge in [0.15, 0.2) is 0 Å². The first-order chi connectivity index (χ1) is 16.3. The Hall–Kier alpha value is -3.93. The lowest BCUT2D eigenvalue weighted by molar-refractivity contribution is -0.132. The molecule has 1 amide bonds. The monoisotopic (exact) mass is 459 g/mol. The number of ketones is 1. The SMILES string of the molecule is Cc1cccc(C2/C(=C(/O)c3ccc(F)cc3)C(=O)C(=O)N2c2ccc(OCC(C)C)cc2)c1. The fourth-order valence-electron chi connectivity index (χ4n) is 3.98. The van der Waals surface area contributed by atoms with Crippen molar-refractivity contribution < 1.29 is 23.8 Å². The molecule has 0 aliphatic carbocycles. The maximum atomic E-state index is 13.4. The number of aliphatic hydroxyl groups is 1. The molecule has 1 heterocycles. The second kappa shape index (κ2) is 9.51. The van der Waals surface area contributed by atoms with Crippen LogP contribution >= 0.6 is 0 Å². The molecule has 1 atom stereocenters. The Kier molecular flexibility index (Phi) is 6.50. The minimum Gasteiger partial charge on any atom is -0.507 e. The molecule has 0 radical (unpaired) electrons. The van der Waals surface area contributed by atoms with Gasteiger partial charge in [0.25, 0.3) is 11.7 Å². The van der Waals surface area contributed by atoms with Gasteiger partial charge >= 0.3 is 0 Å². The van der Waals surface area contributed by atoms with Gasteiger partial charge in [-0.1, -0.05) is 43.7 Å². The van der Waals surface area contributed by atoms with Crippen LogP contribution in [-0.4, -0.2) is 23.4 Å². The average Bonchev–Trinajstić information content (AvgIpc) is 3.08. The molecule has 1 fully saturated rings. The van der Waals surface area contributed by atoms with Crippen LogP contribution in [0.4, 0.5) is 10.1 Å². The fourth-order valence-corrected chi connectivity index (χ4v) is 3.98. The molecule has 0 saturated carbocycles. The maximum Gasteiger partial charge on any atom is 0.300 e. The lowest BCUT2D eigenvalue weighted by Gasteiger charge is -2.26. The third kappa shape index (κ3) is 4.57. The number of hydrogen-bond acceptors (Lipinski definition) is 4. The zero-order chi connectivity index (χ0) is 24.4. The van der Waals surface area contributed by atoms with Crippen molar-refractivity contribution in [1.82, 2.24) is 0 Å². The number of nitrogens with zero attached hydrogens (tertiary/aromatic N) is 1. The molecular formula is C28H26FNO4. The Balaban J connectivity index is 1.82. The van der Waals surface area contributed by atoms with Crippen molar-refractivity contribution in [2.24, 2.45) is 5.92 Å². The molecule has 1 aliphatic heterocycles. The summed E-state index contributed by atoms with van der Waals surface area (Å²) < 4.78 is 19.2. The largest absolute Gasteiger partial charge is 0.507 e. The van der Waals surface area contributed by atoms with Crippen molar-refractivity contribution >= 4 is 23.1 Å². The van der Waals surface area contributed by atoms with Crippen LogP contribution in [0.15, 0.2) is 78.4 Å². The van der Waals surface area contributed by atoms with E-state index in [-0.39, 0.29) is 16.9 Å². The number of aliphatic hydroxyl groups excluding tert-OH is 1. The highest BCUT2D eigenvalue weighted by molar-refractivity contribution is 6.51. The summed E-state index contributed by atoms with van der Waals surface area (Å²) in [5.41, 5.74) is 2.35. The average molecular weight is 460 g/mol. The second-order valence-corrected chi connectivity index (χ2v) is 8.79. The van der Waals surface area contributed by atoms with Crippen molar-refractivity contribution in [3.63, 3.8) is 0 Å². The van der Waals surface area contributed by atoms with Crippen LogP contribution in [0.2, 0.25) is 0 Å². The summed E-state index contributed by atoms with van der Waals surface area (Å²) in [5.74, 6) is -1.33. The molecule has 1 unspecified atom stereocenters. The predicted octanol–water partition coefficient (Wildman–Crippen LogP) is 5.80. The van der Waals surface area contributed by atoms with Crippen LogP contribution in [-0.2, 0) is 9.59 Å². The Bertz CT molecular complexity index is 1250. The van der Waals surface area contributed by atoms with Crippen molar-refractivity contribution in [3.8, 4) is 5.75 Å². The van der Waals surface area contributed by atoms with E-state index in [0.29, 0.717) is 29.5 Å². The number of aryl methyl sites for hydroxylation is 1. The number of benzene rings is 3. The normalized spacial score (nSPS) is 17.4. The molecule has 4 rings (SSSR count). The quantitative estimate of drug-likeness (QED) is 0.288. The van der Waals surface area contributed by atoms with E-state index in [9.17, 15) is 19.1 Å². The standard InChI is InChI=1S/C28H26FNO4/c1-17(2)16-34-23-13-11-22(12-14-23)30-25(20-6-4-5-18(3)15-20)24(27(32)28(30)33)26(31)19-7-9-21(29)10-8-19/h4-15,17,25,31H,16H2,1-3H3/b26-24-. The van der Waals surface area contributed by atoms with Gasteiger partial charge in [-0.15, -0.1) is 0 Å². The molecular weight excluding hydrogens is 433 g/mol. The van der Waals surface area contributed by atoms with Crippen LogP contribution in [0.5, 0.6) is 5.75 Å². The third-order valence-electron chi connectivity index (χ3n) is 5.62. The zero-order valence-electron chi connectivity index (χ0n) is 19.3. The van der Waals surface area contributed by atoms with Gasteiger partial charge in [0, 0.05) is 11.3 Å². The zero-order valence-corrected chi connectivity index (χ0v) is 19.3. The number of ether oxygens (including phenoxy) is 1. The number of halogens is 1. The van der Waals surface area contributed by atoms with Crippen molar-refractivity contribution in [2.75, 3.05) is 11.5 Å². The summed E-state index contributed by atoms with van der Waals surface area (Å²) in [6.45, 7) is 6.58. The minimum atomic E-state index is -0.840. The Morgan fingerprint density at radius 3 is 2.32 bits per heavy atom. The Morgan fingerprint density at radius 2 is 1.71 bits per heavy atom. The number of anilines is 1. The van der Waals surface area contributed by atoms with Gasteiger partial charge in [0.05, 0.1) is 18.2 Å². The molecule has 34 heavy (non-hydrogen) atoms. The lowest BCUT2D eigenvalue weighted by atomic mass is 9.94. The smallest absolute Gasteiger partial charge is 0.300 e. The van der Waals surface area contributed by atoms with Crippen LogP contribution in [0.1, 0.15) is 36.6 Å². The van der Waals surface area contributed by atoms with Crippen LogP contribution in [0.25, 0.3) is 5.76 Å². The summed E-state index contributed by atoms with van der Waals surface area (Å²) in [4.78, 5) is 27.8. The van der Waals surface area contributed by atoms with E-state index in [1.165, 1.54) is 29.2 Å². The first-order valence-electron chi connectivity index (χ1n) is 11.1. The van der Waals surface area contributed by atoms with Gasteiger partial charge in [0.2, 0.25) is 0 Å². The molecule has 1 saturated heterocycles. The summed E-state index contributed by atoms with van der Waals surface area (Å²) in [7, 11) is 0. The Labute approximate surface area is 198 Å². The molecule has 0 bridgehead atoms. The number of rotatable bonds is 6. The summed E-state index contributed by atoms with van der Waals surface area (Å²) in [6, 6.07) is 18.7. The van der Waals surface area contributed by atoms with Gasteiger partial charge in [-0.25, -0.2) is 4.39 Å². The second-order valence-electron chi connectivity index (χ2n) is 8.79. The number of carbonyl (C=O) groups excluding carboxylic acids is 2. The highest BCUT2D eigenvalue weighted by atomic mass is 19.1. The summed E-state index contributed by atoms with van der Waals surface area (Å²) >= 11 is 0. The van der Waals surface area contributed by atoms with E-state index in [1.54, 1.807) is 24.3 Å². The number of Topliss-reactive ketones (excluding diaryl/α,β-unsaturated/α-hetero) is 1. The molecule has 0 spiro atoms. The molecule has 1 N–H and O–H groups in total. The Morgan fingerprint density at radius 1 is 1.03 bits per heavy atom. The van der Waals surface area contributed by atoms with Crippen LogP contribution in [0.3, 0.4) is 0 Å². The topological polar surface area (TPSA) is 66.8 Å². The first-order valence-corrected chi connectivity index (χ1v) is 11.1. The molecule has 1 aliphatic rings. The van der Waals surface area contributed by atoms with Crippen molar-refractivity contribution in [1.29, 1.82) is 0 Å². The van der Waals surface area contributed by atoms with E-state index in [4.69, 9.17) is 4.74 Å². The minimum absolute atomic E-state index is 0.0395. The van der Waals surface area contributed by atoms with Crippen LogP contribution < -0.4 is 9.64 Å². The maximum absolute atomic E-state index is 13.4. The molecule has 3 aromatic rings. The first kappa shape index (κ1) is 23.2. The van der Waals surface area contributed by atoms with Gasteiger partial charge in [-0.2, -0.15) is 0 Å². The number of hydrogen-bond donors (Lipinski definition) is 1. The van der Waals surface area contributed by atoms with Gasteiger partial charge in [-0.3, -0.25) is 14.5 Å². The molecule has 6 heteroatoms. The highest BCUT2D eigenvalue weighted by Crippen LogP contribution is 2.42. The van der Waals surface area contributed by atoms with E-state index >= 15 is 0 Å². The van der Waals surface area contributed by atoms with E-state index < -0.39 is 23.5 Å².